The number of likely N-dealkylation sites (tertiary alicyclic amines) is 1. The molecule has 1 heterocycles. The molecule has 21 heavy (non-hydrogen) atoms. The highest BCUT2D eigenvalue weighted by atomic mass is 16.3. The van der Waals surface area contributed by atoms with Gasteiger partial charge in [-0.05, 0) is 43.4 Å². The molecule has 3 N–H and O–H groups in total. The number of nitrogens with two attached hydrogens (primary N) is 1. The Morgan fingerprint density at radius 3 is 2.57 bits per heavy atom. The minimum atomic E-state index is -0.686. The molecule has 1 radical (unpaired) electrons. The highest BCUT2D eigenvalue weighted by Crippen LogP contribution is 2.31. The van der Waals surface area contributed by atoms with Gasteiger partial charge in [0, 0.05) is 6.54 Å². The van der Waals surface area contributed by atoms with Crippen LogP contribution in [-0.4, -0.2) is 34.3 Å². The lowest BCUT2D eigenvalue weighted by Gasteiger charge is -2.26. The maximum atomic E-state index is 12.5. The maximum absolute atomic E-state index is 12.5. The summed E-state index contributed by atoms with van der Waals surface area (Å²) in [4.78, 5) is 25.7. The van der Waals surface area contributed by atoms with Gasteiger partial charge in [0.05, 0.1) is 6.04 Å². The average Bonchev–Trinajstić information content (AvgIpc) is 2.82. The third kappa shape index (κ3) is 3.42. The fraction of sp³-hybridized carbons (Fsp3) is 0.438. The zero-order valence-corrected chi connectivity index (χ0v) is 12.4. The van der Waals surface area contributed by atoms with Crippen LogP contribution < -0.4 is 5.73 Å². The molecule has 0 aromatic heterocycles. The van der Waals surface area contributed by atoms with E-state index in [4.69, 9.17) is 5.73 Å². The molecule has 2 atom stereocenters. The van der Waals surface area contributed by atoms with Gasteiger partial charge < -0.3 is 15.7 Å². The number of phenolic OH excluding ortho intramolecular Hbond substituents is 1. The van der Waals surface area contributed by atoms with Crippen molar-refractivity contribution in [1.82, 2.24) is 4.90 Å². The summed E-state index contributed by atoms with van der Waals surface area (Å²) >= 11 is 0. The lowest BCUT2D eigenvalue weighted by atomic mass is 9.99. The molecule has 1 amide bonds. The van der Waals surface area contributed by atoms with Crippen molar-refractivity contribution in [2.75, 3.05) is 6.54 Å². The summed E-state index contributed by atoms with van der Waals surface area (Å²) in [6.07, 6.45) is 1.18. The zero-order chi connectivity index (χ0) is 15.6. The number of phenols is 1. The molecule has 1 unspecified atom stereocenters. The minimum Gasteiger partial charge on any atom is -0.508 e. The van der Waals surface area contributed by atoms with Crippen LogP contribution in [0.15, 0.2) is 24.3 Å². The van der Waals surface area contributed by atoms with Crippen molar-refractivity contribution in [3.8, 4) is 5.75 Å². The van der Waals surface area contributed by atoms with Crippen LogP contribution in [0.25, 0.3) is 0 Å². The number of benzene rings is 1. The Kier molecular flexibility index (Phi) is 4.63. The van der Waals surface area contributed by atoms with Crippen molar-refractivity contribution in [1.29, 1.82) is 0 Å². The molecular weight excluding hydrogens is 268 g/mol. The van der Waals surface area contributed by atoms with Crippen molar-refractivity contribution in [3.05, 3.63) is 35.9 Å². The number of carbonyl (C=O) groups excluding carboxylic acids is 2. The number of aromatic hydroxyl groups is 1. The molecule has 5 nitrogen and oxygen atoms in total. The minimum absolute atomic E-state index is 0.0646. The number of rotatable bonds is 4. The molecule has 113 valence electrons. The van der Waals surface area contributed by atoms with Crippen molar-refractivity contribution in [2.24, 2.45) is 11.7 Å². The largest absolute Gasteiger partial charge is 0.508 e. The fourth-order valence-electron chi connectivity index (χ4n) is 2.79. The molecule has 1 saturated heterocycles. The van der Waals surface area contributed by atoms with E-state index in [9.17, 15) is 14.7 Å². The number of Topliss-reactive ketones (excluding diaryl/α,β-unsaturated/α-hetero) is 1. The van der Waals surface area contributed by atoms with Gasteiger partial charge in [-0.15, -0.1) is 0 Å². The van der Waals surface area contributed by atoms with Crippen LogP contribution in [0.5, 0.6) is 5.75 Å². The van der Waals surface area contributed by atoms with E-state index in [1.807, 2.05) is 6.92 Å². The van der Waals surface area contributed by atoms with Gasteiger partial charge in [-0.2, -0.15) is 0 Å². The summed E-state index contributed by atoms with van der Waals surface area (Å²) in [6, 6.07) is 6.50. The first kappa shape index (κ1) is 15.5. The zero-order valence-electron chi connectivity index (χ0n) is 12.4. The molecule has 1 aliphatic heterocycles. The van der Waals surface area contributed by atoms with Crippen molar-refractivity contribution in [2.45, 2.75) is 32.7 Å². The second-order valence-electron chi connectivity index (χ2n) is 5.60. The number of carbonyl (C=O) groups is 2. The molecule has 1 aromatic rings. The van der Waals surface area contributed by atoms with Gasteiger partial charge in [-0.1, -0.05) is 19.1 Å². The van der Waals surface area contributed by atoms with Crippen LogP contribution in [0.3, 0.4) is 0 Å². The van der Waals surface area contributed by atoms with E-state index in [2.05, 4.69) is 0 Å². The smallest absolute Gasteiger partial charge is 0.240 e. The topological polar surface area (TPSA) is 83.6 Å². The number of hydrogen-bond acceptors (Lipinski definition) is 4. The Hall–Kier alpha value is -1.88. The highest BCUT2D eigenvalue weighted by molar-refractivity contribution is 5.96. The Balaban J connectivity index is 2.05. The molecule has 1 aliphatic rings. The predicted octanol–water partition coefficient (Wildman–Crippen LogP) is 1.25. The Bertz CT molecular complexity index is 527. The molecule has 0 aliphatic carbocycles. The quantitative estimate of drug-likeness (QED) is 0.874. The third-order valence-corrected chi connectivity index (χ3v) is 3.88. The summed E-state index contributed by atoms with van der Waals surface area (Å²) in [5.41, 5.74) is 6.88. The second-order valence-corrected chi connectivity index (χ2v) is 5.60. The molecule has 0 saturated carbocycles. The monoisotopic (exact) mass is 289 g/mol. The van der Waals surface area contributed by atoms with E-state index in [1.54, 1.807) is 24.3 Å². The van der Waals surface area contributed by atoms with Gasteiger partial charge in [0.1, 0.15) is 11.8 Å². The van der Waals surface area contributed by atoms with Crippen LogP contribution in [-0.2, 0) is 16.0 Å². The van der Waals surface area contributed by atoms with E-state index < -0.39 is 6.04 Å². The lowest BCUT2D eigenvalue weighted by molar-refractivity contribution is -0.134. The number of hydrogen-bond donors (Lipinski definition) is 2. The Morgan fingerprint density at radius 1 is 1.38 bits per heavy atom. The average molecular weight is 289 g/mol. The predicted molar refractivity (Wildman–Crippen MR) is 79.2 cm³/mol. The van der Waals surface area contributed by atoms with Gasteiger partial charge in [0.2, 0.25) is 5.91 Å². The molecule has 0 spiro atoms. The van der Waals surface area contributed by atoms with Crippen molar-refractivity contribution < 1.29 is 14.7 Å². The maximum Gasteiger partial charge on any atom is 0.240 e. The fourth-order valence-corrected chi connectivity index (χ4v) is 2.79. The Labute approximate surface area is 124 Å². The SMILES string of the molecule is CC(=O)[C]1C(C)CCN1C(=O)[C@@H](N)Cc1ccc(O)cc1. The summed E-state index contributed by atoms with van der Waals surface area (Å²) in [6.45, 7) is 4.00. The number of ketones is 1. The van der Waals surface area contributed by atoms with Gasteiger partial charge in [0.15, 0.2) is 5.78 Å². The summed E-state index contributed by atoms with van der Waals surface area (Å²) in [7, 11) is 0. The number of amides is 1. The summed E-state index contributed by atoms with van der Waals surface area (Å²) in [5.74, 6) is 0.00865. The van der Waals surface area contributed by atoms with Crippen molar-refractivity contribution >= 4 is 11.7 Å². The second kappa shape index (κ2) is 6.26. The lowest BCUT2D eigenvalue weighted by Crippen LogP contribution is -2.46. The molecule has 5 heteroatoms. The first-order valence-corrected chi connectivity index (χ1v) is 7.12. The molecule has 1 aromatic carbocycles. The normalized spacial score (nSPS) is 20.5. The van der Waals surface area contributed by atoms with Crippen LogP contribution in [0, 0.1) is 12.0 Å². The van der Waals surface area contributed by atoms with Crippen LogP contribution >= 0.6 is 0 Å². The summed E-state index contributed by atoms with van der Waals surface area (Å²) in [5, 5.41) is 9.25. The first-order valence-electron chi connectivity index (χ1n) is 7.12. The van der Waals surface area contributed by atoms with Gasteiger partial charge in [-0.25, -0.2) is 0 Å². The first-order chi connectivity index (χ1) is 9.90. The van der Waals surface area contributed by atoms with E-state index >= 15 is 0 Å². The van der Waals surface area contributed by atoms with Gasteiger partial charge in [0.25, 0.3) is 0 Å². The molecule has 0 bridgehead atoms. The van der Waals surface area contributed by atoms with Gasteiger partial charge in [-0.3, -0.25) is 9.59 Å². The van der Waals surface area contributed by atoms with Crippen LogP contribution in [0.4, 0.5) is 0 Å². The molecule has 1 fully saturated rings. The van der Waals surface area contributed by atoms with Gasteiger partial charge >= 0.3 is 0 Å². The summed E-state index contributed by atoms with van der Waals surface area (Å²) < 4.78 is 0. The standard InChI is InChI=1S/C16H21N2O3/c1-10-7-8-18(15(10)11(2)19)16(21)14(17)9-12-3-5-13(20)6-4-12/h3-6,10,14,20H,7-9,17H2,1-2H3/t10?,14-/m0/s1. The van der Waals surface area contributed by atoms with E-state index in [-0.39, 0.29) is 23.4 Å². The third-order valence-electron chi connectivity index (χ3n) is 3.88. The van der Waals surface area contributed by atoms with E-state index in [0.717, 1.165) is 12.0 Å². The Morgan fingerprint density at radius 2 is 2.00 bits per heavy atom. The molecular formula is C16H21N2O3. The highest BCUT2D eigenvalue weighted by Gasteiger charge is 2.39. The van der Waals surface area contributed by atoms with Crippen LogP contribution in [0.2, 0.25) is 0 Å². The van der Waals surface area contributed by atoms with Crippen LogP contribution in [0.1, 0.15) is 25.8 Å². The van der Waals surface area contributed by atoms with Crippen molar-refractivity contribution in [3.63, 3.8) is 0 Å². The van der Waals surface area contributed by atoms with E-state index in [0.29, 0.717) is 19.0 Å². The number of nitrogens with zero attached hydrogens (tertiary/aromatic N) is 1. The molecule has 2 rings (SSSR count). The van der Waals surface area contributed by atoms with E-state index in [1.165, 1.54) is 11.8 Å².